The lowest BCUT2D eigenvalue weighted by Gasteiger charge is -2.36. The highest BCUT2D eigenvalue weighted by Crippen LogP contribution is 2.36. The maximum absolute atomic E-state index is 14.6. The Hall–Kier alpha value is -4.19. The maximum Gasteiger partial charge on any atom is 0.416 e. The van der Waals surface area contributed by atoms with Crippen LogP contribution in [0.4, 0.5) is 29.5 Å². The van der Waals surface area contributed by atoms with Gasteiger partial charge in [-0.1, -0.05) is 24.3 Å². The Morgan fingerprint density at radius 2 is 1.88 bits per heavy atom. The zero-order valence-corrected chi connectivity index (χ0v) is 24.7. The molecular weight excluding hydrogens is 678 g/mol. The number of carbonyl (C=O) groups is 3. The van der Waals surface area contributed by atoms with Crippen LogP contribution in [0, 0.1) is 20.7 Å². The van der Waals surface area contributed by atoms with Crippen LogP contribution in [0.15, 0.2) is 66.9 Å². The van der Waals surface area contributed by atoms with Gasteiger partial charge in [0.1, 0.15) is 24.3 Å². The van der Waals surface area contributed by atoms with Gasteiger partial charge in [-0.15, -0.1) is 0 Å². The molecule has 3 aromatic rings. The second-order valence-corrected chi connectivity index (χ2v) is 11.4. The van der Waals surface area contributed by atoms with Crippen molar-refractivity contribution in [3.05, 3.63) is 87.4 Å². The van der Waals surface area contributed by atoms with E-state index in [2.05, 4.69) is 10.3 Å². The molecule has 43 heavy (non-hydrogen) atoms. The number of aromatic nitrogens is 1. The summed E-state index contributed by atoms with van der Waals surface area (Å²) in [6.07, 6.45) is -0.261. The van der Waals surface area contributed by atoms with Crippen LogP contribution in [0.25, 0.3) is 0 Å². The number of amides is 3. The molecule has 2 aliphatic rings. The third kappa shape index (κ3) is 6.58. The minimum absolute atomic E-state index is 0.0162. The highest BCUT2D eigenvalue weighted by atomic mass is 127. The van der Waals surface area contributed by atoms with Gasteiger partial charge in [-0.05, 0) is 77.4 Å². The van der Waals surface area contributed by atoms with E-state index in [1.165, 1.54) is 36.5 Å². The lowest BCUT2D eigenvalue weighted by Crippen LogP contribution is -2.54. The van der Waals surface area contributed by atoms with E-state index in [-0.39, 0.29) is 42.8 Å². The number of hydrogen-bond donors (Lipinski definition) is 1. The van der Waals surface area contributed by atoms with E-state index < -0.39 is 54.4 Å². The molecule has 3 amide bonds. The lowest BCUT2D eigenvalue weighted by atomic mass is 9.91. The minimum atomic E-state index is -2.81. The van der Waals surface area contributed by atoms with E-state index in [9.17, 15) is 32.8 Å². The Morgan fingerprint density at radius 1 is 1.14 bits per heavy atom. The topological polar surface area (TPSA) is 116 Å². The Labute approximate surface area is 258 Å². The molecule has 13 heteroatoms. The molecule has 1 aromatic heterocycles. The summed E-state index contributed by atoms with van der Waals surface area (Å²) in [7, 11) is 0. The average Bonchev–Trinajstić information content (AvgIpc) is 3.38. The highest BCUT2D eigenvalue weighted by Gasteiger charge is 2.46. The van der Waals surface area contributed by atoms with Gasteiger partial charge in [0.05, 0.1) is 11.6 Å². The van der Waals surface area contributed by atoms with Gasteiger partial charge in [0.15, 0.2) is 6.04 Å². The fourth-order valence-electron chi connectivity index (χ4n) is 5.23. The van der Waals surface area contributed by atoms with Crippen LogP contribution in [-0.4, -0.2) is 47.5 Å². The van der Waals surface area contributed by atoms with E-state index in [0.29, 0.717) is 9.13 Å². The summed E-state index contributed by atoms with van der Waals surface area (Å²) >= 11 is 2.02. The van der Waals surface area contributed by atoms with Crippen molar-refractivity contribution in [2.24, 2.45) is 0 Å². The molecule has 1 aliphatic heterocycles. The van der Waals surface area contributed by atoms with Crippen LogP contribution >= 0.6 is 22.6 Å². The zero-order chi connectivity index (χ0) is 30.7. The van der Waals surface area contributed by atoms with E-state index in [1.54, 1.807) is 24.3 Å². The molecule has 0 bridgehead atoms. The Balaban J connectivity index is 1.59. The number of rotatable bonds is 7. The van der Waals surface area contributed by atoms with E-state index >= 15 is 0 Å². The molecule has 5 rings (SSSR count). The standard InChI is InChI=1S/C30H25F3IN5O4/c31-19-4-3-5-21(15-19)38(28(41)24-17-43-29(42)39(24)25-14-18(16-35)10-13-36-25)26(22-6-1-2-7-23(22)34)27(40)37-20-8-11-30(32,33)12-9-20/h1-7,10,13-15,20,24,26H,8-9,11-12,17H2,(H,37,40)/t24-,26-/m0/s1. The number of halogens is 4. The zero-order valence-electron chi connectivity index (χ0n) is 22.6. The van der Waals surface area contributed by atoms with E-state index in [4.69, 9.17) is 4.74 Å². The number of ether oxygens (including phenoxy) is 1. The molecule has 2 atom stereocenters. The number of cyclic esters (lactones) is 1. The SMILES string of the molecule is N#Cc1ccnc(N2C(=O)OC[C@H]2C(=O)N(c2cccc(F)c2)[C@H](C(=O)NC2CCC(F)(F)CC2)c2ccccc2I)c1. The van der Waals surface area contributed by atoms with Crippen molar-refractivity contribution in [2.75, 3.05) is 16.4 Å². The van der Waals surface area contributed by atoms with Gasteiger partial charge in [0.25, 0.3) is 5.91 Å². The van der Waals surface area contributed by atoms with E-state index in [0.717, 1.165) is 15.9 Å². The molecule has 1 saturated carbocycles. The van der Waals surface area contributed by atoms with E-state index in [1.807, 2.05) is 28.7 Å². The molecule has 2 fully saturated rings. The number of hydrogen-bond acceptors (Lipinski definition) is 6. The fourth-order valence-corrected chi connectivity index (χ4v) is 5.91. The molecule has 2 heterocycles. The van der Waals surface area contributed by atoms with Gasteiger partial charge in [-0.2, -0.15) is 5.26 Å². The molecule has 1 aliphatic carbocycles. The van der Waals surface area contributed by atoms with Crippen molar-refractivity contribution in [1.29, 1.82) is 5.26 Å². The first-order valence-corrected chi connectivity index (χ1v) is 14.5. The molecular formula is C30H25F3IN5O4. The highest BCUT2D eigenvalue weighted by molar-refractivity contribution is 14.1. The first kappa shape index (κ1) is 30.3. The third-order valence-electron chi connectivity index (χ3n) is 7.37. The number of nitrogens with zero attached hydrogens (tertiary/aromatic N) is 4. The summed E-state index contributed by atoms with van der Waals surface area (Å²) in [4.78, 5) is 47.7. The smallest absolute Gasteiger partial charge is 0.416 e. The van der Waals surface area contributed by atoms with Gasteiger partial charge < -0.3 is 10.1 Å². The summed E-state index contributed by atoms with van der Waals surface area (Å²) in [5, 5.41) is 12.2. The molecule has 1 saturated heterocycles. The first-order valence-electron chi connectivity index (χ1n) is 13.4. The van der Waals surface area contributed by atoms with Crippen LogP contribution in [0.1, 0.15) is 42.9 Å². The summed E-state index contributed by atoms with van der Waals surface area (Å²) < 4.78 is 48.1. The average molecular weight is 703 g/mol. The van der Waals surface area contributed by atoms with Crippen molar-refractivity contribution < 1.29 is 32.3 Å². The number of alkyl halides is 2. The fraction of sp³-hybridized carbons (Fsp3) is 0.300. The van der Waals surface area contributed by atoms with Crippen LogP contribution in [0.3, 0.4) is 0 Å². The Bertz CT molecular complexity index is 1590. The van der Waals surface area contributed by atoms with Crippen LogP contribution in [0.2, 0.25) is 0 Å². The van der Waals surface area contributed by atoms with Gasteiger partial charge in [-0.25, -0.2) is 27.8 Å². The number of nitriles is 1. The van der Waals surface area contributed by atoms with Crippen molar-refractivity contribution in [3.8, 4) is 6.07 Å². The monoisotopic (exact) mass is 703 g/mol. The van der Waals surface area contributed by atoms with Gasteiger partial charge in [-0.3, -0.25) is 14.5 Å². The third-order valence-corrected chi connectivity index (χ3v) is 8.36. The quantitative estimate of drug-likeness (QED) is 0.326. The summed E-state index contributed by atoms with van der Waals surface area (Å²) in [5.74, 6) is -4.94. The number of pyridine rings is 1. The van der Waals surface area contributed by atoms with Gasteiger partial charge in [0.2, 0.25) is 11.8 Å². The van der Waals surface area contributed by atoms with Crippen molar-refractivity contribution in [2.45, 2.75) is 49.7 Å². The summed E-state index contributed by atoms with van der Waals surface area (Å²) in [6, 6.07) is 13.3. The summed E-state index contributed by atoms with van der Waals surface area (Å²) in [5.41, 5.74) is 0.616. The van der Waals surface area contributed by atoms with Gasteiger partial charge >= 0.3 is 6.09 Å². The molecule has 1 N–H and O–H groups in total. The van der Waals surface area contributed by atoms with Gasteiger partial charge in [0, 0.05) is 34.3 Å². The largest absolute Gasteiger partial charge is 0.446 e. The molecule has 0 unspecified atom stereocenters. The van der Waals surface area contributed by atoms with Crippen molar-refractivity contribution in [3.63, 3.8) is 0 Å². The summed E-state index contributed by atoms with van der Waals surface area (Å²) in [6.45, 7) is -0.403. The van der Waals surface area contributed by atoms with Crippen LogP contribution < -0.4 is 15.1 Å². The number of anilines is 2. The van der Waals surface area contributed by atoms with Crippen LogP contribution in [0.5, 0.6) is 0 Å². The normalized spacial score (nSPS) is 18.8. The molecule has 2 aromatic carbocycles. The second-order valence-electron chi connectivity index (χ2n) is 10.2. The Morgan fingerprint density at radius 3 is 2.58 bits per heavy atom. The molecule has 0 radical (unpaired) electrons. The van der Waals surface area contributed by atoms with Crippen LogP contribution in [-0.2, 0) is 14.3 Å². The minimum Gasteiger partial charge on any atom is -0.446 e. The lowest BCUT2D eigenvalue weighted by molar-refractivity contribution is -0.128. The number of carbonyl (C=O) groups excluding carboxylic acids is 3. The van der Waals surface area contributed by atoms with Crippen molar-refractivity contribution >= 4 is 52.0 Å². The molecule has 0 spiro atoms. The Kier molecular flexibility index (Phi) is 8.86. The molecule has 9 nitrogen and oxygen atoms in total. The first-order chi connectivity index (χ1) is 20.6. The van der Waals surface area contributed by atoms with Crippen molar-refractivity contribution in [1.82, 2.24) is 10.3 Å². The number of benzene rings is 2. The number of nitrogens with one attached hydrogen (secondary N) is 1. The molecule has 222 valence electrons. The predicted molar refractivity (Wildman–Crippen MR) is 158 cm³/mol. The maximum atomic E-state index is 14.6. The second kappa shape index (κ2) is 12.6. The predicted octanol–water partition coefficient (Wildman–Crippen LogP) is 5.49.